The van der Waals surface area contributed by atoms with E-state index in [2.05, 4.69) is 15.3 Å². The van der Waals surface area contributed by atoms with Crippen molar-refractivity contribution in [2.75, 3.05) is 25.2 Å². The summed E-state index contributed by atoms with van der Waals surface area (Å²) in [6, 6.07) is 7.82. The van der Waals surface area contributed by atoms with Gasteiger partial charge < -0.3 is 24.7 Å². The highest BCUT2D eigenvalue weighted by Gasteiger charge is 2.25. The zero-order valence-corrected chi connectivity index (χ0v) is 20.9. The number of fused-ring (bicyclic) bond motifs is 1. The third-order valence-electron chi connectivity index (χ3n) is 5.16. The Balaban J connectivity index is 1.75. The smallest absolute Gasteiger partial charge is 0.328 e. The number of aryl methyl sites for hydroxylation is 1. The normalized spacial score (nSPS) is 11.7. The summed E-state index contributed by atoms with van der Waals surface area (Å²) in [5, 5.41) is 3.88. The van der Waals surface area contributed by atoms with Crippen LogP contribution in [0.4, 0.5) is 10.7 Å². The van der Waals surface area contributed by atoms with Gasteiger partial charge in [-0.3, -0.25) is 14.4 Å². The lowest BCUT2D eigenvalue weighted by Gasteiger charge is -2.18. The zero-order valence-electron chi connectivity index (χ0n) is 20.0. The Kier molecular flexibility index (Phi) is 8.58. The highest BCUT2D eigenvalue weighted by Crippen LogP contribution is 2.31. The van der Waals surface area contributed by atoms with E-state index < -0.39 is 23.9 Å². The summed E-state index contributed by atoms with van der Waals surface area (Å²) in [5.74, 6) is -0.966. The van der Waals surface area contributed by atoms with Crippen LogP contribution in [0.5, 0.6) is 0 Å². The number of amides is 1. The zero-order chi connectivity index (χ0) is 25.5. The standard InChI is InChI=1S/C24H28N4O6S/c1-5-33-21(29)12-9-18(24(32)34-6-2)27-23(31)19-10-11-20(35-19)28(4)15-7-8-17-16(13-15)22(30)26-14(3)25-17/h7-8,10-11,13,18H,5-6,9,12H2,1-4H3,(H,27,31)(H,25,26,30)/t18-/m1/s1. The fourth-order valence-electron chi connectivity index (χ4n) is 3.43. The van der Waals surface area contributed by atoms with Crippen LogP contribution < -0.4 is 15.8 Å². The molecule has 0 unspecified atom stereocenters. The summed E-state index contributed by atoms with van der Waals surface area (Å²) in [6.45, 7) is 5.48. The van der Waals surface area contributed by atoms with Crippen LogP contribution in [0.3, 0.4) is 0 Å². The predicted molar refractivity (Wildman–Crippen MR) is 133 cm³/mol. The fourth-order valence-corrected chi connectivity index (χ4v) is 4.32. The molecule has 0 aliphatic carbocycles. The molecule has 1 aromatic carbocycles. The van der Waals surface area contributed by atoms with E-state index in [4.69, 9.17) is 9.47 Å². The first-order valence-electron chi connectivity index (χ1n) is 11.2. The van der Waals surface area contributed by atoms with Crippen molar-refractivity contribution in [3.63, 3.8) is 0 Å². The van der Waals surface area contributed by atoms with Gasteiger partial charge in [0.25, 0.3) is 11.5 Å². The molecule has 1 atom stereocenters. The molecule has 0 aliphatic heterocycles. The second-order valence-corrected chi connectivity index (χ2v) is 8.73. The number of rotatable bonds is 10. The molecule has 0 saturated carbocycles. The number of anilines is 2. The molecule has 2 heterocycles. The first-order valence-corrected chi connectivity index (χ1v) is 12.0. The topological polar surface area (TPSA) is 131 Å². The molecule has 1 amide bonds. The summed E-state index contributed by atoms with van der Waals surface area (Å²) in [5.41, 5.74) is 1.13. The number of aromatic amines is 1. The van der Waals surface area contributed by atoms with Crippen LogP contribution in [0.25, 0.3) is 10.9 Å². The SMILES string of the molecule is CCOC(=O)CC[C@@H](NC(=O)c1ccc(N(C)c2ccc3nc(C)[nH]c(=O)c3c2)s1)C(=O)OCC. The number of thiophene rings is 1. The van der Waals surface area contributed by atoms with Gasteiger partial charge in [-0.2, -0.15) is 0 Å². The van der Waals surface area contributed by atoms with Crippen molar-refractivity contribution < 1.29 is 23.9 Å². The van der Waals surface area contributed by atoms with Crippen molar-refractivity contribution >= 4 is 50.8 Å². The maximum Gasteiger partial charge on any atom is 0.328 e. The molecule has 0 saturated heterocycles. The van der Waals surface area contributed by atoms with Gasteiger partial charge in [0.2, 0.25) is 0 Å². The van der Waals surface area contributed by atoms with E-state index in [1.807, 2.05) is 18.0 Å². The van der Waals surface area contributed by atoms with Gasteiger partial charge in [0.05, 0.1) is 34.0 Å². The maximum absolute atomic E-state index is 12.9. The van der Waals surface area contributed by atoms with Gasteiger partial charge in [0.15, 0.2) is 0 Å². The largest absolute Gasteiger partial charge is 0.466 e. The Morgan fingerprint density at radius 2 is 1.89 bits per heavy atom. The van der Waals surface area contributed by atoms with Gasteiger partial charge >= 0.3 is 11.9 Å². The molecule has 0 radical (unpaired) electrons. The van der Waals surface area contributed by atoms with E-state index in [-0.39, 0.29) is 31.6 Å². The Morgan fingerprint density at radius 1 is 1.14 bits per heavy atom. The van der Waals surface area contributed by atoms with Gasteiger partial charge in [-0.15, -0.1) is 11.3 Å². The average molecular weight is 501 g/mol. The van der Waals surface area contributed by atoms with E-state index in [9.17, 15) is 19.2 Å². The van der Waals surface area contributed by atoms with Crippen LogP contribution in [0.15, 0.2) is 35.1 Å². The molecule has 35 heavy (non-hydrogen) atoms. The van der Waals surface area contributed by atoms with Crippen molar-refractivity contribution in [1.29, 1.82) is 0 Å². The second kappa shape index (κ2) is 11.6. The van der Waals surface area contributed by atoms with Crippen molar-refractivity contribution in [1.82, 2.24) is 15.3 Å². The Morgan fingerprint density at radius 3 is 2.60 bits per heavy atom. The summed E-state index contributed by atoms with van der Waals surface area (Å²) in [6.07, 6.45) is 0.0478. The molecular weight excluding hydrogens is 472 g/mol. The van der Waals surface area contributed by atoms with E-state index >= 15 is 0 Å². The average Bonchev–Trinajstić information content (AvgIpc) is 3.31. The summed E-state index contributed by atoms with van der Waals surface area (Å²) >= 11 is 1.22. The minimum Gasteiger partial charge on any atom is -0.466 e. The number of esters is 2. The third kappa shape index (κ3) is 6.44. The van der Waals surface area contributed by atoms with Gasteiger partial charge in [0, 0.05) is 19.2 Å². The fraction of sp³-hybridized carbons (Fsp3) is 0.375. The predicted octanol–water partition coefficient (Wildman–Crippen LogP) is 3.07. The molecular formula is C24H28N4O6S. The Hall–Kier alpha value is -3.73. The van der Waals surface area contributed by atoms with Crippen LogP contribution in [-0.4, -0.2) is 54.1 Å². The number of hydrogen-bond acceptors (Lipinski definition) is 9. The minimum atomic E-state index is -0.974. The summed E-state index contributed by atoms with van der Waals surface area (Å²) < 4.78 is 9.94. The molecule has 0 aliphatic rings. The number of ether oxygens (including phenoxy) is 2. The lowest BCUT2D eigenvalue weighted by atomic mass is 10.1. The maximum atomic E-state index is 12.9. The number of benzene rings is 1. The van der Waals surface area contributed by atoms with E-state index in [1.54, 1.807) is 45.0 Å². The van der Waals surface area contributed by atoms with Crippen molar-refractivity contribution in [2.45, 2.75) is 39.7 Å². The van der Waals surface area contributed by atoms with Crippen LogP contribution in [0, 0.1) is 6.92 Å². The number of carbonyl (C=O) groups is 3. The highest BCUT2D eigenvalue weighted by atomic mass is 32.1. The monoisotopic (exact) mass is 500 g/mol. The highest BCUT2D eigenvalue weighted by molar-refractivity contribution is 7.18. The number of aromatic nitrogens is 2. The lowest BCUT2D eigenvalue weighted by molar-refractivity contribution is -0.146. The molecule has 2 N–H and O–H groups in total. The lowest BCUT2D eigenvalue weighted by Crippen LogP contribution is -2.42. The van der Waals surface area contributed by atoms with E-state index in [1.165, 1.54) is 11.3 Å². The van der Waals surface area contributed by atoms with E-state index in [0.717, 1.165) is 10.7 Å². The van der Waals surface area contributed by atoms with Crippen LogP contribution >= 0.6 is 11.3 Å². The summed E-state index contributed by atoms with van der Waals surface area (Å²) in [7, 11) is 1.82. The number of nitrogens with zero attached hydrogens (tertiary/aromatic N) is 2. The van der Waals surface area contributed by atoms with Crippen LogP contribution in [0.2, 0.25) is 0 Å². The second-order valence-electron chi connectivity index (χ2n) is 7.67. The molecule has 3 rings (SSSR count). The minimum absolute atomic E-state index is 0.0223. The molecule has 11 heteroatoms. The van der Waals surface area contributed by atoms with Crippen LogP contribution in [-0.2, 0) is 19.1 Å². The molecule has 186 valence electrons. The molecule has 2 aromatic heterocycles. The number of hydrogen-bond donors (Lipinski definition) is 2. The van der Waals surface area contributed by atoms with Crippen molar-refractivity contribution in [2.24, 2.45) is 0 Å². The van der Waals surface area contributed by atoms with Crippen LogP contribution in [0.1, 0.15) is 42.2 Å². The molecule has 10 nitrogen and oxygen atoms in total. The number of H-pyrrole nitrogens is 1. The molecule has 0 fully saturated rings. The first-order chi connectivity index (χ1) is 16.7. The number of carbonyl (C=O) groups excluding carboxylic acids is 3. The summed E-state index contributed by atoms with van der Waals surface area (Å²) in [4.78, 5) is 58.4. The molecule has 0 bridgehead atoms. The first kappa shape index (κ1) is 25.9. The van der Waals surface area contributed by atoms with Crippen molar-refractivity contribution in [3.05, 3.63) is 51.4 Å². The van der Waals surface area contributed by atoms with Gasteiger partial charge in [-0.1, -0.05) is 0 Å². The molecule has 0 spiro atoms. The van der Waals surface area contributed by atoms with Gasteiger partial charge in [-0.25, -0.2) is 9.78 Å². The van der Waals surface area contributed by atoms with Gasteiger partial charge in [-0.05, 0) is 57.5 Å². The van der Waals surface area contributed by atoms with Crippen molar-refractivity contribution in [3.8, 4) is 0 Å². The van der Waals surface area contributed by atoms with Gasteiger partial charge in [0.1, 0.15) is 11.9 Å². The van der Waals surface area contributed by atoms with E-state index in [0.29, 0.717) is 21.6 Å². The Bertz CT molecular complexity index is 1280. The Labute approximate surface area is 206 Å². The third-order valence-corrected chi connectivity index (χ3v) is 6.32. The number of nitrogens with one attached hydrogen (secondary N) is 2. The quantitative estimate of drug-likeness (QED) is 0.406. The molecule has 3 aromatic rings.